The molecule has 2 rings (SSSR count). The van der Waals surface area contributed by atoms with Gasteiger partial charge in [0.25, 0.3) is 0 Å². The van der Waals surface area contributed by atoms with Crippen LogP contribution in [0.2, 0.25) is 0 Å². The molecule has 0 unspecified atom stereocenters. The van der Waals surface area contributed by atoms with Crippen LogP contribution in [0.15, 0.2) is 36.5 Å². The van der Waals surface area contributed by atoms with Crippen LogP contribution in [0.3, 0.4) is 0 Å². The van der Waals surface area contributed by atoms with E-state index in [1.54, 1.807) is 6.20 Å². The van der Waals surface area contributed by atoms with Crippen molar-refractivity contribution in [1.29, 1.82) is 0 Å². The lowest BCUT2D eigenvalue weighted by molar-refractivity contribution is 0.606. The summed E-state index contributed by atoms with van der Waals surface area (Å²) in [5.74, 6) is 2.70. The van der Waals surface area contributed by atoms with Gasteiger partial charge in [-0.1, -0.05) is 39.8 Å². The van der Waals surface area contributed by atoms with E-state index < -0.39 is 0 Å². The average molecular weight is 298 g/mol. The number of nitrogens with one attached hydrogen (secondary N) is 2. The standard InChI is InChI=1S/C18H26N4/c1-13(2)9-11-19-18-20-12-10-17(22-18)21-16-7-5-15(6-8-16)14(3)4/h5-8,10,12-14H,9,11H2,1-4H3,(H2,19,20,21,22). The Morgan fingerprint density at radius 1 is 1.00 bits per heavy atom. The second kappa shape index (κ2) is 7.78. The van der Waals surface area contributed by atoms with Crippen LogP contribution in [0, 0.1) is 5.92 Å². The summed E-state index contributed by atoms with van der Waals surface area (Å²) in [5.41, 5.74) is 2.38. The van der Waals surface area contributed by atoms with Crippen molar-refractivity contribution in [2.75, 3.05) is 17.2 Å². The van der Waals surface area contributed by atoms with Gasteiger partial charge in [0.2, 0.25) is 5.95 Å². The van der Waals surface area contributed by atoms with Gasteiger partial charge in [-0.25, -0.2) is 4.98 Å². The first-order chi connectivity index (χ1) is 10.5. The molecule has 0 saturated carbocycles. The van der Waals surface area contributed by atoms with Crippen LogP contribution in [-0.2, 0) is 0 Å². The fourth-order valence-electron chi connectivity index (χ4n) is 2.09. The highest BCUT2D eigenvalue weighted by Crippen LogP contribution is 2.20. The summed E-state index contributed by atoms with van der Waals surface area (Å²) in [6, 6.07) is 10.3. The van der Waals surface area contributed by atoms with Gasteiger partial charge in [-0.15, -0.1) is 0 Å². The minimum absolute atomic E-state index is 0.546. The van der Waals surface area contributed by atoms with Crippen LogP contribution in [0.25, 0.3) is 0 Å². The minimum Gasteiger partial charge on any atom is -0.354 e. The zero-order chi connectivity index (χ0) is 15.9. The molecule has 0 radical (unpaired) electrons. The highest BCUT2D eigenvalue weighted by molar-refractivity contribution is 5.57. The molecule has 0 spiro atoms. The van der Waals surface area contributed by atoms with Crippen molar-refractivity contribution in [3.63, 3.8) is 0 Å². The second-order valence-corrected chi connectivity index (χ2v) is 6.28. The third kappa shape index (κ3) is 5.02. The van der Waals surface area contributed by atoms with Crippen molar-refractivity contribution in [3.05, 3.63) is 42.1 Å². The Bertz CT molecular complexity index is 576. The summed E-state index contributed by atoms with van der Waals surface area (Å²) in [7, 11) is 0. The molecule has 0 fully saturated rings. The third-order valence-electron chi connectivity index (χ3n) is 3.51. The fourth-order valence-corrected chi connectivity index (χ4v) is 2.09. The average Bonchev–Trinajstić information content (AvgIpc) is 2.48. The largest absolute Gasteiger partial charge is 0.354 e. The normalized spacial score (nSPS) is 11.0. The Morgan fingerprint density at radius 3 is 2.36 bits per heavy atom. The lowest BCUT2D eigenvalue weighted by Gasteiger charge is -2.10. The predicted octanol–water partition coefficient (Wildman–Crippen LogP) is 4.80. The summed E-state index contributed by atoms with van der Waals surface area (Å²) < 4.78 is 0. The molecule has 0 bridgehead atoms. The summed E-state index contributed by atoms with van der Waals surface area (Å²) >= 11 is 0. The van der Waals surface area contributed by atoms with Gasteiger partial charge >= 0.3 is 0 Å². The van der Waals surface area contributed by atoms with E-state index in [4.69, 9.17) is 0 Å². The molecule has 0 aliphatic heterocycles. The molecule has 0 amide bonds. The molecule has 4 heteroatoms. The van der Waals surface area contributed by atoms with Crippen LogP contribution in [0.5, 0.6) is 0 Å². The molecule has 2 aromatic rings. The Morgan fingerprint density at radius 2 is 1.73 bits per heavy atom. The quantitative estimate of drug-likeness (QED) is 0.770. The second-order valence-electron chi connectivity index (χ2n) is 6.28. The van der Waals surface area contributed by atoms with Crippen molar-refractivity contribution >= 4 is 17.5 Å². The zero-order valence-corrected chi connectivity index (χ0v) is 13.9. The highest BCUT2D eigenvalue weighted by atomic mass is 15.1. The van der Waals surface area contributed by atoms with Gasteiger partial charge < -0.3 is 10.6 Å². The molecule has 0 aliphatic carbocycles. The predicted molar refractivity (Wildman–Crippen MR) is 93.8 cm³/mol. The van der Waals surface area contributed by atoms with Crippen LogP contribution in [-0.4, -0.2) is 16.5 Å². The summed E-state index contributed by atoms with van der Waals surface area (Å²) in [6.07, 6.45) is 2.88. The Labute approximate surface area is 133 Å². The van der Waals surface area contributed by atoms with Crippen molar-refractivity contribution in [2.24, 2.45) is 5.92 Å². The van der Waals surface area contributed by atoms with Crippen LogP contribution < -0.4 is 10.6 Å². The van der Waals surface area contributed by atoms with Crippen molar-refractivity contribution in [1.82, 2.24) is 9.97 Å². The number of hydrogen-bond donors (Lipinski definition) is 2. The van der Waals surface area contributed by atoms with Gasteiger partial charge in [0.05, 0.1) is 0 Å². The highest BCUT2D eigenvalue weighted by Gasteiger charge is 2.02. The maximum absolute atomic E-state index is 4.49. The Hall–Kier alpha value is -2.10. The van der Waals surface area contributed by atoms with E-state index in [1.807, 2.05) is 6.07 Å². The topological polar surface area (TPSA) is 49.8 Å². The molecule has 2 N–H and O–H groups in total. The molecule has 0 atom stereocenters. The van der Waals surface area contributed by atoms with E-state index >= 15 is 0 Å². The molecular formula is C18H26N4. The maximum Gasteiger partial charge on any atom is 0.224 e. The molecular weight excluding hydrogens is 272 g/mol. The number of anilines is 3. The number of aromatic nitrogens is 2. The van der Waals surface area contributed by atoms with Crippen LogP contribution in [0.4, 0.5) is 17.5 Å². The Kier molecular flexibility index (Phi) is 5.75. The molecule has 0 saturated heterocycles. The van der Waals surface area contributed by atoms with Gasteiger partial charge in [0.1, 0.15) is 5.82 Å². The first-order valence-corrected chi connectivity index (χ1v) is 7.98. The van der Waals surface area contributed by atoms with Crippen molar-refractivity contribution < 1.29 is 0 Å². The smallest absolute Gasteiger partial charge is 0.224 e. The molecule has 118 valence electrons. The first-order valence-electron chi connectivity index (χ1n) is 7.98. The maximum atomic E-state index is 4.49. The molecule has 1 aromatic carbocycles. The molecule has 22 heavy (non-hydrogen) atoms. The van der Waals surface area contributed by atoms with Crippen molar-refractivity contribution in [2.45, 2.75) is 40.0 Å². The van der Waals surface area contributed by atoms with E-state index in [0.29, 0.717) is 17.8 Å². The van der Waals surface area contributed by atoms with E-state index in [1.165, 1.54) is 5.56 Å². The number of nitrogens with zero attached hydrogens (tertiary/aromatic N) is 2. The van der Waals surface area contributed by atoms with E-state index in [2.05, 4.69) is 72.6 Å². The third-order valence-corrected chi connectivity index (χ3v) is 3.51. The van der Waals surface area contributed by atoms with E-state index in [-0.39, 0.29) is 0 Å². The number of hydrogen-bond acceptors (Lipinski definition) is 4. The molecule has 4 nitrogen and oxygen atoms in total. The van der Waals surface area contributed by atoms with Gasteiger partial charge in [-0.05, 0) is 42.0 Å². The van der Waals surface area contributed by atoms with Gasteiger partial charge in [-0.3, -0.25) is 0 Å². The number of rotatable bonds is 7. The van der Waals surface area contributed by atoms with Crippen molar-refractivity contribution in [3.8, 4) is 0 Å². The Balaban J connectivity index is 1.97. The van der Waals surface area contributed by atoms with Gasteiger partial charge in [-0.2, -0.15) is 4.98 Å². The number of benzene rings is 1. The lowest BCUT2D eigenvalue weighted by atomic mass is 10.0. The molecule has 1 aromatic heterocycles. The fraction of sp³-hybridized carbons (Fsp3) is 0.444. The van der Waals surface area contributed by atoms with Gasteiger partial charge in [0, 0.05) is 18.4 Å². The summed E-state index contributed by atoms with van der Waals surface area (Å²) in [6.45, 7) is 9.71. The summed E-state index contributed by atoms with van der Waals surface area (Å²) in [5, 5.41) is 6.58. The SMILES string of the molecule is CC(C)CCNc1nccc(Nc2ccc(C(C)C)cc2)n1. The van der Waals surface area contributed by atoms with E-state index in [9.17, 15) is 0 Å². The molecule has 1 heterocycles. The molecule has 0 aliphatic rings. The first kappa shape index (κ1) is 16.3. The lowest BCUT2D eigenvalue weighted by Crippen LogP contribution is -2.08. The monoisotopic (exact) mass is 298 g/mol. The van der Waals surface area contributed by atoms with Crippen LogP contribution in [0.1, 0.15) is 45.6 Å². The van der Waals surface area contributed by atoms with Crippen LogP contribution >= 0.6 is 0 Å². The zero-order valence-electron chi connectivity index (χ0n) is 13.9. The van der Waals surface area contributed by atoms with E-state index in [0.717, 1.165) is 24.5 Å². The summed E-state index contributed by atoms with van der Waals surface area (Å²) in [4.78, 5) is 8.74. The minimum atomic E-state index is 0.546. The van der Waals surface area contributed by atoms with Gasteiger partial charge in [0.15, 0.2) is 0 Å².